The monoisotopic (exact) mass is 394 g/mol. The molecule has 1 N–H and O–H groups in total. The highest BCUT2D eigenvalue weighted by Crippen LogP contribution is 2.29. The van der Waals surface area contributed by atoms with Crippen LogP contribution in [0.5, 0.6) is 0 Å². The van der Waals surface area contributed by atoms with Crippen LogP contribution in [-0.4, -0.2) is 56.2 Å². The number of sulfone groups is 1. The maximum Gasteiger partial charge on any atom is 0.224 e. The van der Waals surface area contributed by atoms with Crippen LogP contribution < -0.4 is 5.32 Å². The second-order valence-corrected chi connectivity index (χ2v) is 9.23. The average Bonchev–Trinajstić information content (AvgIpc) is 2.65. The maximum atomic E-state index is 12.7. The van der Waals surface area contributed by atoms with Gasteiger partial charge in [-0.05, 0) is 37.1 Å². The van der Waals surface area contributed by atoms with Crippen molar-refractivity contribution in [3.8, 4) is 0 Å². The molecule has 2 aliphatic rings. The van der Waals surface area contributed by atoms with Gasteiger partial charge in [0.15, 0.2) is 9.84 Å². The standard InChI is InChI=1S/C19H26N2O5S/c1-14(22)20-15-6-8-16(9-7-15)27(24,25)13-10-19(23)21-11-12-26-18-5-3-2-4-17(18)21/h6-9,17-18H,2-5,10-13H2,1H3,(H,20,22). The molecule has 1 aliphatic heterocycles. The lowest BCUT2D eigenvalue weighted by atomic mass is 9.90. The molecule has 148 valence electrons. The summed E-state index contributed by atoms with van der Waals surface area (Å²) in [7, 11) is -3.56. The molecule has 2 atom stereocenters. The first-order valence-electron chi connectivity index (χ1n) is 9.38. The van der Waals surface area contributed by atoms with Crippen LogP contribution in [0.1, 0.15) is 39.0 Å². The Morgan fingerprint density at radius 1 is 1.19 bits per heavy atom. The van der Waals surface area contributed by atoms with E-state index in [9.17, 15) is 18.0 Å². The third-order valence-electron chi connectivity index (χ3n) is 5.17. The highest BCUT2D eigenvalue weighted by atomic mass is 32.2. The number of benzene rings is 1. The molecule has 0 aromatic heterocycles. The first-order chi connectivity index (χ1) is 12.9. The van der Waals surface area contributed by atoms with E-state index in [0.717, 1.165) is 25.7 Å². The van der Waals surface area contributed by atoms with Crippen molar-refractivity contribution in [1.29, 1.82) is 0 Å². The third kappa shape index (κ3) is 4.87. The van der Waals surface area contributed by atoms with Crippen molar-refractivity contribution < 1.29 is 22.7 Å². The van der Waals surface area contributed by atoms with Crippen molar-refractivity contribution in [3.05, 3.63) is 24.3 Å². The molecule has 27 heavy (non-hydrogen) atoms. The average molecular weight is 394 g/mol. The molecule has 8 heteroatoms. The Morgan fingerprint density at radius 2 is 1.89 bits per heavy atom. The zero-order valence-electron chi connectivity index (χ0n) is 15.5. The maximum absolute atomic E-state index is 12.7. The number of ether oxygens (including phenoxy) is 1. The molecular formula is C19H26N2O5S. The van der Waals surface area contributed by atoms with Crippen molar-refractivity contribution in [2.45, 2.75) is 56.1 Å². The van der Waals surface area contributed by atoms with Crippen molar-refractivity contribution in [1.82, 2.24) is 4.90 Å². The molecule has 2 unspecified atom stereocenters. The number of nitrogens with zero attached hydrogens (tertiary/aromatic N) is 1. The van der Waals surface area contributed by atoms with Gasteiger partial charge in [0.25, 0.3) is 0 Å². The van der Waals surface area contributed by atoms with Crippen LogP contribution in [0.25, 0.3) is 0 Å². The van der Waals surface area contributed by atoms with Gasteiger partial charge in [0.05, 0.1) is 29.4 Å². The molecule has 1 aromatic carbocycles. The second kappa shape index (κ2) is 8.39. The van der Waals surface area contributed by atoms with Gasteiger partial charge in [-0.25, -0.2) is 8.42 Å². The first kappa shape index (κ1) is 19.8. The number of morpholine rings is 1. The molecule has 1 aromatic rings. The Bertz CT molecular complexity index is 789. The second-order valence-electron chi connectivity index (χ2n) is 7.12. The Labute approximate surface area is 160 Å². The minimum Gasteiger partial charge on any atom is -0.374 e. The predicted octanol–water partition coefficient (Wildman–Crippen LogP) is 1.98. The molecule has 1 saturated carbocycles. The summed E-state index contributed by atoms with van der Waals surface area (Å²) in [4.78, 5) is 25.7. The molecular weight excluding hydrogens is 368 g/mol. The molecule has 2 amide bonds. The van der Waals surface area contributed by atoms with Crippen LogP contribution in [0.3, 0.4) is 0 Å². The number of anilines is 1. The zero-order chi connectivity index (χ0) is 19.4. The van der Waals surface area contributed by atoms with Crippen LogP contribution in [0, 0.1) is 0 Å². The zero-order valence-corrected chi connectivity index (χ0v) is 16.3. The highest BCUT2D eigenvalue weighted by Gasteiger charge is 2.36. The number of fused-ring (bicyclic) bond motifs is 1. The van der Waals surface area contributed by atoms with Crippen LogP contribution >= 0.6 is 0 Å². The Morgan fingerprint density at radius 3 is 2.59 bits per heavy atom. The number of hydrogen-bond acceptors (Lipinski definition) is 5. The van der Waals surface area contributed by atoms with E-state index < -0.39 is 9.84 Å². The summed E-state index contributed by atoms with van der Waals surface area (Å²) in [5.74, 6) is -0.559. The minimum absolute atomic E-state index is 0.0288. The number of rotatable bonds is 5. The first-order valence-corrected chi connectivity index (χ1v) is 11.0. The third-order valence-corrected chi connectivity index (χ3v) is 6.90. The van der Waals surface area contributed by atoms with Gasteiger partial charge in [-0.2, -0.15) is 0 Å². The number of carbonyl (C=O) groups is 2. The Kier molecular flexibility index (Phi) is 6.16. The molecule has 0 spiro atoms. The van der Waals surface area contributed by atoms with E-state index in [0.29, 0.717) is 18.8 Å². The van der Waals surface area contributed by atoms with Gasteiger partial charge >= 0.3 is 0 Å². The summed E-state index contributed by atoms with van der Waals surface area (Å²) in [6.07, 6.45) is 4.15. The van der Waals surface area contributed by atoms with Gasteiger partial charge < -0.3 is 15.0 Å². The van der Waals surface area contributed by atoms with Crippen LogP contribution in [-0.2, 0) is 24.2 Å². The molecule has 0 bridgehead atoms. The van der Waals surface area contributed by atoms with Crippen LogP contribution in [0.4, 0.5) is 5.69 Å². The summed E-state index contributed by atoms with van der Waals surface area (Å²) >= 11 is 0. The van der Waals surface area contributed by atoms with Crippen LogP contribution in [0.2, 0.25) is 0 Å². The number of amides is 2. The van der Waals surface area contributed by atoms with E-state index in [4.69, 9.17) is 4.74 Å². The molecule has 0 radical (unpaired) electrons. The highest BCUT2D eigenvalue weighted by molar-refractivity contribution is 7.91. The summed E-state index contributed by atoms with van der Waals surface area (Å²) in [5.41, 5.74) is 0.536. The largest absolute Gasteiger partial charge is 0.374 e. The molecule has 7 nitrogen and oxygen atoms in total. The van der Waals surface area contributed by atoms with Crippen molar-refractivity contribution in [3.63, 3.8) is 0 Å². The molecule has 2 fully saturated rings. The van der Waals surface area contributed by atoms with E-state index >= 15 is 0 Å². The van der Waals surface area contributed by atoms with Gasteiger partial charge in [-0.15, -0.1) is 0 Å². The van der Waals surface area contributed by atoms with Gasteiger partial charge in [0.2, 0.25) is 11.8 Å². The van der Waals surface area contributed by atoms with E-state index in [1.165, 1.54) is 19.1 Å². The number of nitrogens with one attached hydrogen (secondary N) is 1. The molecule has 1 heterocycles. The summed E-state index contributed by atoms with van der Waals surface area (Å²) < 4.78 is 30.9. The fraction of sp³-hybridized carbons (Fsp3) is 0.579. The van der Waals surface area contributed by atoms with Gasteiger partial charge in [0, 0.05) is 25.6 Å². The topological polar surface area (TPSA) is 92.8 Å². The quantitative estimate of drug-likeness (QED) is 0.824. The summed E-state index contributed by atoms with van der Waals surface area (Å²) in [6.45, 7) is 2.44. The molecule has 3 rings (SSSR count). The Hall–Kier alpha value is -1.93. The lowest BCUT2D eigenvalue weighted by molar-refractivity contribution is -0.149. The molecule has 1 aliphatic carbocycles. The number of hydrogen-bond donors (Lipinski definition) is 1. The van der Waals surface area contributed by atoms with Gasteiger partial charge in [-0.1, -0.05) is 12.8 Å². The molecule has 1 saturated heterocycles. The van der Waals surface area contributed by atoms with E-state index in [-0.39, 0.29) is 41.0 Å². The van der Waals surface area contributed by atoms with E-state index in [1.807, 2.05) is 4.90 Å². The minimum atomic E-state index is -3.56. The Balaban J connectivity index is 1.60. The van der Waals surface area contributed by atoms with Gasteiger partial charge in [-0.3, -0.25) is 9.59 Å². The summed E-state index contributed by atoms with van der Waals surface area (Å²) in [6, 6.07) is 6.09. The normalized spacial score (nSPS) is 22.8. The summed E-state index contributed by atoms with van der Waals surface area (Å²) in [5, 5.41) is 2.60. The SMILES string of the molecule is CC(=O)Nc1ccc(S(=O)(=O)CCC(=O)N2CCOC3CCCCC32)cc1. The van der Waals surface area contributed by atoms with Crippen molar-refractivity contribution >= 4 is 27.3 Å². The van der Waals surface area contributed by atoms with E-state index in [1.54, 1.807) is 12.1 Å². The smallest absolute Gasteiger partial charge is 0.224 e. The fourth-order valence-electron chi connectivity index (χ4n) is 3.84. The lowest BCUT2D eigenvalue weighted by Crippen LogP contribution is -2.55. The van der Waals surface area contributed by atoms with E-state index in [2.05, 4.69) is 5.32 Å². The lowest BCUT2D eigenvalue weighted by Gasteiger charge is -2.43. The van der Waals surface area contributed by atoms with Crippen LogP contribution in [0.15, 0.2) is 29.2 Å². The number of carbonyl (C=O) groups excluding carboxylic acids is 2. The van der Waals surface area contributed by atoms with Gasteiger partial charge in [0.1, 0.15) is 0 Å². The fourth-order valence-corrected chi connectivity index (χ4v) is 5.07. The predicted molar refractivity (Wildman–Crippen MR) is 101 cm³/mol. The van der Waals surface area contributed by atoms with Crippen molar-refractivity contribution in [2.24, 2.45) is 0 Å². The van der Waals surface area contributed by atoms with Crippen molar-refractivity contribution in [2.75, 3.05) is 24.2 Å².